The number of Topliss-reactive ketones (excluding diaryl/α,β-unsaturated/α-hetero) is 1. The van der Waals surface area contributed by atoms with Crippen molar-refractivity contribution in [3.8, 4) is 5.75 Å². The first-order valence-corrected chi connectivity index (χ1v) is 11.1. The number of carbonyl (C=O) groups is 1. The van der Waals surface area contributed by atoms with Gasteiger partial charge < -0.3 is 9.64 Å². The number of hydrogen-bond acceptors (Lipinski definition) is 3. The lowest BCUT2D eigenvalue weighted by atomic mass is 9.95. The van der Waals surface area contributed by atoms with Gasteiger partial charge in [0.05, 0.1) is 18.8 Å². The van der Waals surface area contributed by atoms with Crippen LogP contribution in [0.4, 0.5) is 5.69 Å². The smallest absolute Gasteiger partial charge is 0.191 e. The Kier molecular flexibility index (Phi) is 5.77. The summed E-state index contributed by atoms with van der Waals surface area (Å²) in [5, 5.41) is 0. The van der Waals surface area contributed by atoms with Gasteiger partial charge >= 0.3 is 0 Å². The summed E-state index contributed by atoms with van der Waals surface area (Å²) in [6.45, 7) is 0. The van der Waals surface area contributed by atoms with E-state index in [-0.39, 0.29) is 11.8 Å². The molecule has 4 aromatic rings. The maximum atomic E-state index is 13.8. The van der Waals surface area contributed by atoms with Crippen molar-refractivity contribution < 1.29 is 9.53 Å². The maximum absolute atomic E-state index is 13.8. The molecule has 1 aliphatic rings. The van der Waals surface area contributed by atoms with Gasteiger partial charge in [0.15, 0.2) is 5.78 Å². The van der Waals surface area contributed by atoms with Gasteiger partial charge in [-0.2, -0.15) is 0 Å². The number of hydrogen-bond donors (Lipinski definition) is 0. The monoisotopic (exact) mass is 431 g/mol. The van der Waals surface area contributed by atoms with Gasteiger partial charge in [-0.25, -0.2) is 0 Å². The largest absolute Gasteiger partial charge is 0.497 e. The zero-order chi connectivity index (χ0) is 22.6. The number of methoxy groups -OCH3 is 1. The second-order valence-electron chi connectivity index (χ2n) is 8.09. The van der Waals surface area contributed by atoms with E-state index in [4.69, 9.17) is 4.74 Å². The fourth-order valence-electron chi connectivity index (χ4n) is 4.55. The van der Waals surface area contributed by atoms with Crippen LogP contribution in [0.5, 0.6) is 5.75 Å². The molecule has 0 aromatic heterocycles. The molecular weight excluding hydrogens is 406 g/mol. The van der Waals surface area contributed by atoms with Crippen LogP contribution in [0.2, 0.25) is 0 Å². The minimum absolute atomic E-state index is 0.0115. The van der Waals surface area contributed by atoms with Crippen molar-refractivity contribution >= 4 is 17.2 Å². The van der Waals surface area contributed by atoms with E-state index in [0.29, 0.717) is 12.0 Å². The molecule has 0 saturated carbocycles. The third kappa shape index (κ3) is 4.06. The Labute approximate surface area is 194 Å². The lowest BCUT2D eigenvalue weighted by Crippen LogP contribution is -2.22. The van der Waals surface area contributed by atoms with Gasteiger partial charge in [-0.1, -0.05) is 91.0 Å². The fraction of sp³-hybridized carbons (Fsp3) is 0.100. The van der Waals surface area contributed by atoms with E-state index in [1.165, 1.54) is 5.56 Å². The molecular formula is C30H25NO2. The summed E-state index contributed by atoms with van der Waals surface area (Å²) in [6, 6.07) is 38.3. The highest BCUT2D eigenvalue weighted by Crippen LogP contribution is 2.47. The molecule has 1 heterocycles. The molecule has 5 rings (SSSR count). The van der Waals surface area contributed by atoms with Crippen LogP contribution in [0.3, 0.4) is 0 Å². The first kappa shape index (κ1) is 20.8. The Hall–Kier alpha value is -4.11. The van der Waals surface area contributed by atoms with Crippen molar-refractivity contribution in [3.63, 3.8) is 0 Å². The van der Waals surface area contributed by atoms with E-state index in [2.05, 4.69) is 53.4 Å². The van der Waals surface area contributed by atoms with Crippen LogP contribution in [-0.2, 0) is 0 Å². The second kappa shape index (κ2) is 9.17. The predicted molar refractivity (Wildman–Crippen MR) is 133 cm³/mol. The fourth-order valence-corrected chi connectivity index (χ4v) is 4.55. The molecule has 3 heteroatoms. The summed E-state index contributed by atoms with van der Waals surface area (Å²) in [7, 11) is 1.67. The number of nitrogens with zero attached hydrogens (tertiary/aromatic N) is 1. The van der Waals surface area contributed by atoms with Gasteiger partial charge in [0.25, 0.3) is 0 Å². The number of ether oxygens (including phenoxy) is 1. The van der Waals surface area contributed by atoms with Crippen LogP contribution in [0.25, 0.3) is 5.70 Å². The summed E-state index contributed by atoms with van der Waals surface area (Å²) >= 11 is 0. The number of rotatable bonds is 6. The minimum Gasteiger partial charge on any atom is -0.497 e. The predicted octanol–water partition coefficient (Wildman–Crippen LogP) is 6.94. The average Bonchev–Trinajstić information content (AvgIpc) is 3.30. The van der Waals surface area contributed by atoms with Gasteiger partial charge in [-0.15, -0.1) is 0 Å². The molecule has 3 nitrogen and oxygen atoms in total. The van der Waals surface area contributed by atoms with E-state index < -0.39 is 0 Å². The number of ketones is 1. The Bertz CT molecular complexity index is 1260. The Morgan fingerprint density at radius 2 is 1.33 bits per heavy atom. The zero-order valence-electron chi connectivity index (χ0n) is 18.5. The standard InChI is InChI=1S/C30H25NO2/c1-33-26-19-17-25(18-20-26)31-28(22-11-5-2-6-12-22)21-27(29(31)23-13-7-3-8-14-23)30(32)24-15-9-4-10-16-24/h2-20,28H,21H2,1H3. The molecule has 162 valence electrons. The first-order chi connectivity index (χ1) is 16.3. The molecule has 4 aromatic carbocycles. The van der Waals surface area contributed by atoms with Crippen molar-refractivity contribution in [2.24, 2.45) is 0 Å². The summed E-state index contributed by atoms with van der Waals surface area (Å²) < 4.78 is 5.39. The van der Waals surface area contributed by atoms with Crippen molar-refractivity contribution in [1.82, 2.24) is 0 Å². The third-order valence-corrected chi connectivity index (χ3v) is 6.13. The van der Waals surface area contributed by atoms with Gasteiger partial charge in [0.2, 0.25) is 0 Å². The normalized spacial score (nSPS) is 15.5. The highest BCUT2D eigenvalue weighted by atomic mass is 16.5. The molecule has 1 aliphatic heterocycles. The SMILES string of the molecule is COc1ccc(N2C(c3ccccc3)=C(C(=O)c3ccccc3)CC2c2ccccc2)cc1. The molecule has 0 N–H and O–H groups in total. The lowest BCUT2D eigenvalue weighted by molar-refractivity contribution is 0.103. The van der Waals surface area contributed by atoms with Gasteiger partial charge in [-0.05, 0) is 35.4 Å². The molecule has 1 atom stereocenters. The number of carbonyl (C=O) groups excluding carboxylic acids is 1. The van der Waals surface area contributed by atoms with Crippen LogP contribution < -0.4 is 9.64 Å². The molecule has 0 amide bonds. The van der Waals surface area contributed by atoms with E-state index in [1.54, 1.807) is 7.11 Å². The topological polar surface area (TPSA) is 29.5 Å². The zero-order valence-corrected chi connectivity index (χ0v) is 18.5. The van der Waals surface area contributed by atoms with Crippen molar-refractivity contribution in [3.05, 3.63) is 138 Å². The molecule has 0 fully saturated rings. The van der Waals surface area contributed by atoms with Crippen molar-refractivity contribution in [2.45, 2.75) is 12.5 Å². The quantitative estimate of drug-likeness (QED) is 0.310. The molecule has 0 bridgehead atoms. The Balaban J connectivity index is 1.71. The van der Waals surface area contributed by atoms with E-state index >= 15 is 0 Å². The highest BCUT2D eigenvalue weighted by molar-refractivity contribution is 6.15. The molecule has 0 saturated heterocycles. The molecule has 0 spiro atoms. The van der Waals surface area contributed by atoms with Crippen LogP contribution in [-0.4, -0.2) is 12.9 Å². The van der Waals surface area contributed by atoms with Gasteiger partial charge in [-0.3, -0.25) is 4.79 Å². The molecule has 0 aliphatic carbocycles. The molecule has 33 heavy (non-hydrogen) atoms. The van der Waals surface area contributed by atoms with Gasteiger partial charge in [0.1, 0.15) is 5.75 Å². The average molecular weight is 432 g/mol. The Morgan fingerprint density at radius 1 is 0.758 bits per heavy atom. The molecule has 0 radical (unpaired) electrons. The summed E-state index contributed by atoms with van der Waals surface area (Å²) in [5.74, 6) is 0.881. The second-order valence-corrected chi connectivity index (χ2v) is 8.09. The maximum Gasteiger partial charge on any atom is 0.191 e. The third-order valence-electron chi connectivity index (χ3n) is 6.13. The number of anilines is 1. The van der Waals surface area contributed by atoms with Crippen molar-refractivity contribution in [2.75, 3.05) is 12.0 Å². The Morgan fingerprint density at radius 3 is 1.94 bits per heavy atom. The molecule has 1 unspecified atom stereocenters. The van der Waals surface area contributed by atoms with Crippen LogP contribution in [0, 0.1) is 0 Å². The highest BCUT2D eigenvalue weighted by Gasteiger charge is 2.37. The first-order valence-electron chi connectivity index (χ1n) is 11.1. The van der Waals surface area contributed by atoms with E-state index in [0.717, 1.165) is 28.3 Å². The summed E-state index contributed by atoms with van der Waals surface area (Å²) in [4.78, 5) is 16.1. The lowest BCUT2D eigenvalue weighted by Gasteiger charge is -2.30. The summed E-state index contributed by atoms with van der Waals surface area (Å²) in [6.07, 6.45) is 0.633. The van der Waals surface area contributed by atoms with E-state index in [9.17, 15) is 4.79 Å². The van der Waals surface area contributed by atoms with Crippen LogP contribution in [0.1, 0.15) is 33.9 Å². The van der Waals surface area contributed by atoms with E-state index in [1.807, 2.05) is 66.7 Å². The minimum atomic E-state index is 0.0115. The van der Waals surface area contributed by atoms with Gasteiger partial charge in [0, 0.05) is 23.2 Å². The van der Waals surface area contributed by atoms with Crippen LogP contribution >= 0.6 is 0 Å². The van der Waals surface area contributed by atoms with Crippen LogP contribution in [0.15, 0.2) is 121 Å². The van der Waals surface area contributed by atoms with Crippen molar-refractivity contribution in [1.29, 1.82) is 0 Å². The number of benzene rings is 4. The summed E-state index contributed by atoms with van der Waals surface area (Å²) in [5.41, 5.74) is 5.74.